The van der Waals surface area contributed by atoms with Crippen molar-refractivity contribution >= 4 is 23.4 Å². The Kier molecular flexibility index (Phi) is 8.22. The molecule has 0 bridgehead atoms. The van der Waals surface area contributed by atoms with Crippen molar-refractivity contribution in [1.82, 2.24) is 10.6 Å². The van der Waals surface area contributed by atoms with Gasteiger partial charge in [-0.15, -0.1) is 0 Å². The monoisotopic (exact) mass is 366 g/mol. The van der Waals surface area contributed by atoms with E-state index < -0.39 is 0 Å². The molecule has 1 aromatic carbocycles. The number of carbonyl (C=O) groups is 2. The third-order valence-electron chi connectivity index (χ3n) is 4.70. The lowest BCUT2D eigenvalue weighted by Crippen LogP contribution is -2.38. The van der Waals surface area contributed by atoms with Crippen LogP contribution in [0.25, 0.3) is 0 Å². The predicted molar refractivity (Wildman–Crippen MR) is 98.5 cm³/mol. The van der Waals surface area contributed by atoms with Crippen LogP contribution in [0.2, 0.25) is 5.02 Å². The molecule has 0 radical (unpaired) electrons. The van der Waals surface area contributed by atoms with Crippen LogP contribution >= 0.6 is 11.6 Å². The quantitative estimate of drug-likeness (QED) is 0.695. The van der Waals surface area contributed by atoms with Gasteiger partial charge < -0.3 is 15.4 Å². The summed E-state index contributed by atoms with van der Waals surface area (Å²) in [7, 11) is 1.61. The minimum atomic E-state index is 0.0215. The number of benzene rings is 1. The van der Waals surface area contributed by atoms with Gasteiger partial charge in [0.05, 0.1) is 6.61 Å². The summed E-state index contributed by atoms with van der Waals surface area (Å²) in [5.41, 5.74) is 1.15. The van der Waals surface area contributed by atoms with E-state index in [1.165, 1.54) is 0 Å². The standard InChI is InChI=1S/C19H27ClN2O3/c1-25-13-12-22-19(24)16-6-4-15(5-7-16)18(23)21-11-10-14-2-8-17(20)9-3-14/h2-3,8-9,15-16H,4-7,10-13H2,1H3,(H,21,23)(H,22,24). The Balaban J connectivity index is 1.65. The highest BCUT2D eigenvalue weighted by atomic mass is 35.5. The molecule has 0 aliphatic heterocycles. The molecule has 0 unspecified atom stereocenters. The van der Waals surface area contributed by atoms with E-state index in [-0.39, 0.29) is 23.7 Å². The Bertz CT molecular complexity index is 554. The summed E-state index contributed by atoms with van der Waals surface area (Å²) in [6, 6.07) is 7.67. The fourth-order valence-electron chi connectivity index (χ4n) is 3.16. The number of amides is 2. The molecule has 0 aromatic heterocycles. The molecule has 0 saturated heterocycles. The first-order valence-corrected chi connectivity index (χ1v) is 9.26. The molecule has 25 heavy (non-hydrogen) atoms. The van der Waals surface area contributed by atoms with E-state index >= 15 is 0 Å². The van der Waals surface area contributed by atoms with E-state index in [0.717, 1.165) is 42.7 Å². The molecular formula is C19H27ClN2O3. The number of ether oxygens (including phenoxy) is 1. The molecular weight excluding hydrogens is 340 g/mol. The van der Waals surface area contributed by atoms with Crippen LogP contribution in [0.1, 0.15) is 31.2 Å². The molecule has 1 aliphatic carbocycles. The SMILES string of the molecule is COCCNC(=O)C1CCC(C(=O)NCCc2ccc(Cl)cc2)CC1. The fraction of sp³-hybridized carbons (Fsp3) is 0.579. The first-order valence-electron chi connectivity index (χ1n) is 8.89. The van der Waals surface area contributed by atoms with Crippen molar-refractivity contribution in [3.05, 3.63) is 34.9 Å². The van der Waals surface area contributed by atoms with Crippen LogP contribution in [-0.4, -0.2) is 38.6 Å². The molecule has 138 valence electrons. The van der Waals surface area contributed by atoms with Gasteiger partial charge in [-0.25, -0.2) is 0 Å². The van der Waals surface area contributed by atoms with Crippen molar-refractivity contribution in [2.75, 3.05) is 26.8 Å². The number of nitrogens with one attached hydrogen (secondary N) is 2. The lowest BCUT2D eigenvalue weighted by molar-refractivity contribution is -0.130. The number of halogens is 1. The topological polar surface area (TPSA) is 67.4 Å². The molecule has 0 atom stereocenters. The van der Waals surface area contributed by atoms with Crippen LogP contribution in [0.15, 0.2) is 24.3 Å². The van der Waals surface area contributed by atoms with E-state index in [4.69, 9.17) is 16.3 Å². The van der Waals surface area contributed by atoms with Gasteiger partial charge in [0.2, 0.25) is 11.8 Å². The molecule has 6 heteroatoms. The second-order valence-corrected chi connectivity index (χ2v) is 6.94. The highest BCUT2D eigenvalue weighted by Gasteiger charge is 2.29. The van der Waals surface area contributed by atoms with E-state index in [0.29, 0.717) is 19.7 Å². The number of hydrogen-bond acceptors (Lipinski definition) is 3. The largest absolute Gasteiger partial charge is 0.383 e. The molecule has 0 heterocycles. The van der Waals surface area contributed by atoms with E-state index in [1.54, 1.807) is 7.11 Å². The number of hydrogen-bond donors (Lipinski definition) is 2. The highest BCUT2D eigenvalue weighted by molar-refractivity contribution is 6.30. The molecule has 1 aliphatic rings. The van der Waals surface area contributed by atoms with E-state index in [9.17, 15) is 9.59 Å². The molecule has 2 rings (SSSR count). The van der Waals surface area contributed by atoms with Crippen molar-refractivity contribution in [1.29, 1.82) is 0 Å². The molecule has 1 fully saturated rings. The minimum absolute atomic E-state index is 0.0215. The maximum absolute atomic E-state index is 12.3. The number of methoxy groups -OCH3 is 1. The third kappa shape index (κ3) is 6.67. The zero-order chi connectivity index (χ0) is 18.1. The van der Waals surface area contributed by atoms with Crippen LogP contribution < -0.4 is 10.6 Å². The van der Waals surface area contributed by atoms with Gasteiger partial charge in [0.1, 0.15) is 0 Å². The lowest BCUT2D eigenvalue weighted by atomic mass is 9.81. The summed E-state index contributed by atoms with van der Waals surface area (Å²) >= 11 is 5.86. The third-order valence-corrected chi connectivity index (χ3v) is 4.95. The Morgan fingerprint density at radius 3 is 2.04 bits per heavy atom. The summed E-state index contributed by atoms with van der Waals surface area (Å²) in [4.78, 5) is 24.3. The molecule has 2 N–H and O–H groups in total. The second-order valence-electron chi connectivity index (χ2n) is 6.50. The van der Waals surface area contributed by atoms with Gasteiger partial charge in [0, 0.05) is 37.1 Å². The summed E-state index contributed by atoms with van der Waals surface area (Å²) < 4.78 is 4.93. The lowest BCUT2D eigenvalue weighted by Gasteiger charge is -2.27. The molecule has 0 spiro atoms. The fourth-order valence-corrected chi connectivity index (χ4v) is 3.29. The molecule has 1 aromatic rings. The highest BCUT2D eigenvalue weighted by Crippen LogP contribution is 2.29. The van der Waals surface area contributed by atoms with Crippen LogP contribution in [0, 0.1) is 11.8 Å². The van der Waals surface area contributed by atoms with Crippen LogP contribution in [0.4, 0.5) is 0 Å². The average Bonchev–Trinajstić information content (AvgIpc) is 2.63. The summed E-state index contributed by atoms with van der Waals surface area (Å²) in [5.74, 6) is 0.231. The first-order chi connectivity index (χ1) is 12.1. The van der Waals surface area contributed by atoms with Crippen LogP contribution in [0.3, 0.4) is 0 Å². The summed E-state index contributed by atoms with van der Waals surface area (Å²) in [6.07, 6.45) is 3.88. The maximum Gasteiger partial charge on any atom is 0.223 e. The Hall–Kier alpha value is -1.59. The Morgan fingerprint density at radius 2 is 1.52 bits per heavy atom. The maximum atomic E-state index is 12.3. The Morgan fingerprint density at radius 1 is 1.00 bits per heavy atom. The normalized spacial score (nSPS) is 20.1. The molecule has 1 saturated carbocycles. The van der Waals surface area contributed by atoms with Crippen molar-refractivity contribution in [3.63, 3.8) is 0 Å². The average molecular weight is 367 g/mol. The van der Waals surface area contributed by atoms with Crippen molar-refractivity contribution in [3.8, 4) is 0 Å². The van der Waals surface area contributed by atoms with Crippen molar-refractivity contribution < 1.29 is 14.3 Å². The zero-order valence-electron chi connectivity index (χ0n) is 14.7. The van der Waals surface area contributed by atoms with Crippen LogP contribution in [0.5, 0.6) is 0 Å². The van der Waals surface area contributed by atoms with Crippen LogP contribution in [-0.2, 0) is 20.7 Å². The minimum Gasteiger partial charge on any atom is -0.383 e. The van der Waals surface area contributed by atoms with Gasteiger partial charge in [-0.3, -0.25) is 9.59 Å². The van der Waals surface area contributed by atoms with Gasteiger partial charge in [-0.05, 0) is 49.8 Å². The first kappa shape index (κ1) is 19.7. The van der Waals surface area contributed by atoms with Gasteiger partial charge in [0.25, 0.3) is 0 Å². The predicted octanol–water partition coefficient (Wildman–Crippen LogP) is 2.57. The van der Waals surface area contributed by atoms with E-state index in [1.807, 2.05) is 24.3 Å². The number of rotatable bonds is 8. The summed E-state index contributed by atoms with van der Waals surface area (Å²) in [5, 5.41) is 6.61. The smallest absolute Gasteiger partial charge is 0.223 e. The van der Waals surface area contributed by atoms with Crippen molar-refractivity contribution in [2.24, 2.45) is 11.8 Å². The Labute approximate surface area is 154 Å². The number of carbonyl (C=O) groups excluding carboxylic acids is 2. The van der Waals surface area contributed by atoms with Crippen molar-refractivity contribution in [2.45, 2.75) is 32.1 Å². The molecule has 2 amide bonds. The zero-order valence-corrected chi connectivity index (χ0v) is 15.5. The van der Waals surface area contributed by atoms with Gasteiger partial charge in [-0.2, -0.15) is 0 Å². The van der Waals surface area contributed by atoms with Gasteiger partial charge in [0.15, 0.2) is 0 Å². The molecule has 5 nitrogen and oxygen atoms in total. The second kappa shape index (κ2) is 10.4. The van der Waals surface area contributed by atoms with Gasteiger partial charge in [-0.1, -0.05) is 23.7 Å². The van der Waals surface area contributed by atoms with Gasteiger partial charge >= 0.3 is 0 Å². The van der Waals surface area contributed by atoms with E-state index in [2.05, 4.69) is 10.6 Å². The summed E-state index contributed by atoms with van der Waals surface area (Å²) in [6.45, 7) is 1.69.